The van der Waals surface area contributed by atoms with Crippen molar-refractivity contribution in [1.29, 1.82) is 0 Å². The van der Waals surface area contributed by atoms with Crippen molar-refractivity contribution in [3.05, 3.63) is 29.8 Å². The second kappa shape index (κ2) is 5.50. The minimum absolute atomic E-state index is 0. The lowest BCUT2D eigenvalue weighted by atomic mass is 9.60. The average molecular weight is 435 g/mol. The van der Waals surface area contributed by atoms with Crippen molar-refractivity contribution in [1.82, 2.24) is 0 Å². The first-order valence-electron chi connectivity index (χ1n) is 10.6. The normalized spacial score (nSPS) is 53.3. The van der Waals surface area contributed by atoms with Crippen LogP contribution in [0, 0.1) is 17.8 Å². The molecule has 4 nitrogen and oxygen atoms in total. The number of piperidine rings is 4. The van der Waals surface area contributed by atoms with E-state index in [1.807, 2.05) is 0 Å². The zero-order valence-corrected chi connectivity index (χ0v) is 18.0. The van der Waals surface area contributed by atoms with Crippen molar-refractivity contribution in [3.8, 4) is 0 Å². The van der Waals surface area contributed by atoms with E-state index in [0.29, 0.717) is 35.9 Å². The first-order valence-corrected chi connectivity index (χ1v) is 10.6. The van der Waals surface area contributed by atoms with E-state index in [-0.39, 0.29) is 34.7 Å². The van der Waals surface area contributed by atoms with Crippen LogP contribution in [0.15, 0.2) is 24.3 Å². The van der Waals surface area contributed by atoms with Crippen LogP contribution in [0.1, 0.15) is 38.7 Å². The summed E-state index contributed by atoms with van der Waals surface area (Å²) in [6, 6.07) is 9.93. The molecule has 148 valence electrons. The van der Waals surface area contributed by atoms with Gasteiger partial charge in [-0.05, 0) is 30.9 Å². The first kappa shape index (κ1) is 18.4. The van der Waals surface area contributed by atoms with Gasteiger partial charge in [-0.15, -0.1) is 0 Å². The second-order valence-corrected chi connectivity index (χ2v) is 9.67. The van der Waals surface area contributed by atoms with Gasteiger partial charge in [0.15, 0.2) is 6.23 Å². The lowest BCUT2D eigenvalue weighted by molar-refractivity contribution is -1.04. The summed E-state index contributed by atoms with van der Waals surface area (Å²) in [5.41, 5.74) is 2.55. The molecule has 5 fully saturated rings. The quantitative estimate of drug-likeness (QED) is 0.592. The van der Waals surface area contributed by atoms with Crippen LogP contribution in [0.3, 0.4) is 0 Å². The highest BCUT2D eigenvalue weighted by molar-refractivity contribution is 5.66. The summed E-state index contributed by atoms with van der Waals surface area (Å²) < 4.78 is 0.849. The number of fused-ring (bicyclic) bond motifs is 2. The minimum atomic E-state index is -0.272. The van der Waals surface area contributed by atoms with E-state index in [9.17, 15) is 10.2 Å². The smallest absolute Gasteiger partial charge is 0.194 e. The van der Waals surface area contributed by atoms with Crippen molar-refractivity contribution in [3.63, 3.8) is 0 Å². The lowest BCUT2D eigenvalue weighted by Crippen LogP contribution is -3.00. The van der Waals surface area contributed by atoms with E-state index in [4.69, 9.17) is 0 Å². The Morgan fingerprint density at radius 2 is 1.93 bits per heavy atom. The van der Waals surface area contributed by atoms with Crippen LogP contribution in [0.2, 0.25) is 0 Å². The molecular formula is C22H31BrN2O2. The summed E-state index contributed by atoms with van der Waals surface area (Å²) >= 11 is 0. The molecule has 27 heavy (non-hydrogen) atoms. The van der Waals surface area contributed by atoms with Crippen molar-refractivity contribution in [2.24, 2.45) is 17.8 Å². The monoisotopic (exact) mass is 434 g/mol. The summed E-state index contributed by atoms with van der Waals surface area (Å²) in [4.78, 5) is 2.46. The molecule has 5 heterocycles. The van der Waals surface area contributed by atoms with Gasteiger partial charge in [0, 0.05) is 37.4 Å². The van der Waals surface area contributed by atoms with Gasteiger partial charge in [-0.25, -0.2) is 0 Å². The number of hydrogen-bond donors (Lipinski definition) is 2. The van der Waals surface area contributed by atoms with Crippen LogP contribution in [0.5, 0.6) is 0 Å². The molecule has 1 aromatic carbocycles. The van der Waals surface area contributed by atoms with Gasteiger partial charge in [0.25, 0.3) is 0 Å². The molecule has 1 aliphatic carbocycles. The number of likely N-dealkylation sites (N-methyl/N-ethyl adjacent to an activating group) is 2. The van der Waals surface area contributed by atoms with Gasteiger partial charge in [-0.2, -0.15) is 0 Å². The largest absolute Gasteiger partial charge is 1.00 e. The van der Waals surface area contributed by atoms with Crippen molar-refractivity contribution in [2.45, 2.75) is 69.0 Å². The Balaban J connectivity index is 0.00000160. The Morgan fingerprint density at radius 1 is 1.19 bits per heavy atom. The maximum atomic E-state index is 11.8. The molecule has 7 rings (SSSR count). The fraction of sp³-hybridized carbons (Fsp3) is 0.727. The topological polar surface area (TPSA) is 43.7 Å². The molecule has 0 amide bonds. The number of benzene rings is 1. The molecule has 5 aliphatic heterocycles. The predicted molar refractivity (Wildman–Crippen MR) is 101 cm³/mol. The van der Waals surface area contributed by atoms with Crippen molar-refractivity contribution in [2.75, 3.05) is 18.5 Å². The van der Waals surface area contributed by atoms with E-state index in [0.717, 1.165) is 23.9 Å². The van der Waals surface area contributed by atoms with Crippen LogP contribution in [0.25, 0.3) is 0 Å². The lowest BCUT2D eigenvalue weighted by Gasteiger charge is -2.67. The highest BCUT2D eigenvalue weighted by atomic mass is 79.9. The molecule has 5 bridgehead atoms. The zero-order valence-electron chi connectivity index (χ0n) is 16.4. The number of aliphatic hydroxyl groups is 2. The number of aliphatic hydroxyl groups excluding tert-OH is 2. The molecule has 0 radical (unpaired) electrons. The zero-order chi connectivity index (χ0) is 18.0. The fourth-order valence-corrected chi connectivity index (χ4v) is 9.03. The number of nitrogens with zero attached hydrogens (tertiary/aromatic N) is 2. The molecule has 6 aliphatic rings. The van der Waals surface area contributed by atoms with Gasteiger partial charge < -0.3 is 32.1 Å². The Hall–Kier alpha value is -0.620. The minimum Gasteiger partial charge on any atom is -1.00 e. The van der Waals surface area contributed by atoms with E-state index in [1.54, 1.807) is 0 Å². The summed E-state index contributed by atoms with van der Waals surface area (Å²) in [7, 11) is 2.22. The van der Waals surface area contributed by atoms with Gasteiger partial charge >= 0.3 is 0 Å². The van der Waals surface area contributed by atoms with Crippen LogP contribution in [0.4, 0.5) is 5.69 Å². The first-order chi connectivity index (χ1) is 12.5. The number of quaternary nitrogens is 1. The van der Waals surface area contributed by atoms with Crippen LogP contribution in [-0.2, 0) is 5.41 Å². The van der Waals surface area contributed by atoms with Crippen molar-refractivity contribution >= 4 is 5.69 Å². The molecule has 6 unspecified atom stereocenters. The molecule has 1 saturated carbocycles. The molecule has 4 saturated heterocycles. The summed E-state index contributed by atoms with van der Waals surface area (Å²) in [6.07, 6.45) is 2.71. The predicted octanol–water partition coefficient (Wildman–Crippen LogP) is -0.907. The molecule has 1 spiro atoms. The van der Waals surface area contributed by atoms with Crippen LogP contribution < -0.4 is 21.9 Å². The number of hydrogen-bond acceptors (Lipinski definition) is 3. The molecule has 10 atom stereocenters. The second-order valence-electron chi connectivity index (χ2n) is 9.67. The third kappa shape index (κ3) is 1.63. The van der Waals surface area contributed by atoms with E-state index < -0.39 is 0 Å². The molecule has 2 N–H and O–H groups in total. The van der Waals surface area contributed by atoms with E-state index >= 15 is 0 Å². The van der Waals surface area contributed by atoms with Gasteiger partial charge in [-0.1, -0.05) is 25.1 Å². The maximum absolute atomic E-state index is 11.8. The van der Waals surface area contributed by atoms with E-state index in [1.165, 1.54) is 17.7 Å². The third-order valence-corrected chi connectivity index (χ3v) is 9.67. The highest BCUT2D eigenvalue weighted by Gasteiger charge is 2.82. The van der Waals surface area contributed by atoms with Gasteiger partial charge in [0.05, 0.1) is 30.1 Å². The van der Waals surface area contributed by atoms with Crippen LogP contribution in [-0.4, -0.2) is 58.7 Å². The number of halogens is 1. The SMILES string of the molecule is CCC1[C@@H]2CC3C4N(C)c5ccccc5C45C[C@@H](C2[C@@H]5O)[N+]3(CC)[C@@H]1O.[Br-]. The van der Waals surface area contributed by atoms with Gasteiger partial charge in [-0.3, -0.25) is 4.48 Å². The molecule has 0 aromatic heterocycles. The van der Waals surface area contributed by atoms with Gasteiger partial charge in [0.1, 0.15) is 6.04 Å². The molecule has 1 aromatic rings. The Kier molecular flexibility index (Phi) is 3.75. The number of rotatable bonds is 2. The Bertz CT molecular complexity index is 789. The third-order valence-electron chi connectivity index (χ3n) is 9.67. The summed E-state index contributed by atoms with van der Waals surface area (Å²) in [5.74, 6) is 1.18. The summed E-state index contributed by atoms with van der Waals surface area (Å²) in [6.45, 7) is 5.48. The number of anilines is 1. The molecular weight excluding hydrogens is 404 g/mol. The van der Waals surface area contributed by atoms with Crippen LogP contribution >= 0.6 is 0 Å². The number of para-hydroxylation sites is 1. The Morgan fingerprint density at radius 3 is 2.63 bits per heavy atom. The standard InChI is InChI=1S/C22H31N2O2.BrH/c1-4-12-13-10-16-19-22(14-8-6-7-9-15(14)23(19)3)11-17(18(13)20(22)25)24(16,5-2)21(12)26;/h6-9,12-13,16-21,25-26H,4-5,10-11H2,1-3H3;1H/q+1;/p-1/t12?,13-,16?,17-,18?,19?,20-,21+,22?,24?;/m0./s1. The fourth-order valence-electron chi connectivity index (χ4n) is 9.03. The maximum Gasteiger partial charge on any atom is 0.194 e. The Labute approximate surface area is 172 Å². The van der Waals surface area contributed by atoms with Crippen molar-refractivity contribution < 1.29 is 31.7 Å². The highest BCUT2D eigenvalue weighted by Crippen LogP contribution is 2.71. The van der Waals surface area contributed by atoms with Gasteiger partial charge in [0.2, 0.25) is 0 Å². The molecule has 5 heteroatoms. The van der Waals surface area contributed by atoms with E-state index in [2.05, 4.69) is 50.1 Å². The average Bonchev–Trinajstić information content (AvgIpc) is 3.04. The summed E-state index contributed by atoms with van der Waals surface area (Å²) in [5, 5.41) is 23.4.